The predicted molar refractivity (Wildman–Crippen MR) is 64.2 cm³/mol. The number of Topliss-reactive ketones (excluding diaryl/α,β-unsaturated/α-hetero) is 1. The van der Waals surface area contributed by atoms with Gasteiger partial charge in [0.1, 0.15) is 0 Å². The Morgan fingerprint density at radius 3 is 2.44 bits per heavy atom. The summed E-state index contributed by atoms with van der Waals surface area (Å²) in [5, 5.41) is 0. The first-order valence-corrected chi connectivity index (χ1v) is 5.83. The highest BCUT2D eigenvalue weighted by Crippen LogP contribution is 2.22. The Kier molecular flexibility index (Phi) is 4.20. The number of hydrogen-bond donors (Lipinski definition) is 0. The van der Waals surface area contributed by atoms with Gasteiger partial charge in [0.25, 0.3) is 0 Å². The first-order chi connectivity index (χ1) is 7.47. The maximum Gasteiger partial charge on any atom is 0.189 e. The van der Waals surface area contributed by atoms with Crippen molar-refractivity contribution in [1.29, 1.82) is 0 Å². The van der Waals surface area contributed by atoms with Crippen molar-refractivity contribution in [3.05, 3.63) is 23.8 Å². The van der Waals surface area contributed by atoms with E-state index in [2.05, 4.69) is 0 Å². The zero-order valence-corrected chi connectivity index (χ0v) is 10.6. The zero-order chi connectivity index (χ0) is 12.3. The molecule has 1 unspecified atom stereocenters. The van der Waals surface area contributed by atoms with Gasteiger partial charge in [-0.2, -0.15) is 0 Å². The lowest BCUT2D eigenvalue weighted by Crippen LogP contribution is -2.11. The fraction of sp³-hybridized carbons (Fsp3) is 0.364. The van der Waals surface area contributed by atoms with Gasteiger partial charge in [-0.05, 0) is 25.1 Å². The molecule has 1 aromatic rings. The molecule has 0 amide bonds. The van der Waals surface area contributed by atoms with E-state index in [0.717, 1.165) is 5.69 Å². The van der Waals surface area contributed by atoms with Gasteiger partial charge in [-0.25, -0.2) is 4.21 Å². The van der Waals surface area contributed by atoms with Crippen molar-refractivity contribution >= 4 is 22.6 Å². The van der Waals surface area contributed by atoms with E-state index in [4.69, 9.17) is 4.18 Å². The average molecular weight is 241 g/mol. The molecule has 0 spiro atoms. The highest BCUT2D eigenvalue weighted by molar-refractivity contribution is 7.80. The first-order valence-electron chi connectivity index (χ1n) is 4.76. The summed E-state index contributed by atoms with van der Waals surface area (Å²) in [4.78, 5) is 13.7. The van der Waals surface area contributed by atoms with E-state index >= 15 is 0 Å². The lowest BCUT2D eigenvalue weighted by Gasteiger charge is -2.14. The van der Waals surface area contributed by atoms with Crippen LogP contribution in [-0.4, -0.2) is 31.2 Å². The second-order valence-corrected chi connectivity index (χ2v) is 4.78. The van der Waals surface area contributed by atoms with Gasteiger partial charge in [-0.3, -0.25) is 8.98 Å². The van der Waals surface area contributed by atoms with Crippen LogP contribution in [0.1, 0.15) is 17.3 Å². The number of carbonyl (C=O) groups is 1. The van der Waals surface area contributed by atoms with Gasteiger partial charge in [-0.15, -0.1) is 0 Å². The Morgan fingerprint density at radius 1 is 1.38 bits per heavy atom. The summed E-state index contributed by atoms with van der Waals surface area (Å²) in [7, 11) is 5.10. The average Bonchev–Trinajstić information content (AvgIpc) is 2.26. The van der Waals surface area contributed by atoms with Crippen molar-refractivity contribution in [3.63, 3.8) is 0 Å². The molecule has 1 aromatic carbocycles. The van der Waals surface area contributed by atoms with E-state index in [1.807, 2.05) is 25.1 Å². The Bertz CT molecular complexity index is 429. The number of rotatable bonds is 4. The van der Waals surface area contributed by atoms with E-state index < -0.39 is 11.1 Å². The van der Waals surface area contributed by atoms with Crippen LogP contribution < -0.4 is 4.90 Å². The van der Waals surface area contributed by atoms with Crippen molar-refractivity contribution in [2.24, 2.45) is 0 Å². The van der Waals surface area contributed by atoms with Gasteiger partial charge in [0.05, 0.1) is 12.0 Å². The lowest BCUT2D eigenvalue weighted by molar-refractivity contribution is 0.101. The van der Waals surface area contributed by atoms with Gasteiger partial charge >= 0.3 is 0 Å². The van der Waals surface area contributed by atoms with Crippen molar-refractivity contribution in [3.8, 4) is 0 Å². The predicted octanol–water partition coefficient (Wildman–Crippen LogP) is 1.62. The first kappa shape index (κ1) is 12.9. The fourth-order valence-electron chi connectivity index (χ4n) is 1.31. The third-order valence-electron chi connectivity index (χ3n) is 2.19. The lowest BCUT2D eigenvalue weighted by atomic mass is 10.1. The number of hydrogen-bond acceptors (Lipinski definition) is 4. The maximum atomic E-state index is 11.6. The Hall–Kier alpha value is -1.20. The monoisotopic (exact) mass is 241 g/mol. The van der Waals surface area contributed by atoms with Gasteiger partial charge in [0.2, 0.25) is 0 Å². The van der Waals surface area contributed by atoms with Crippen LogP contribution in [-0.2, 0) is 15.3 Å². The van der Waals surface area contributed by atoms with Crippen LogP contribution in [0, 0.1) is 0 Å². The number of anilines is 1. The molecule has 0 bridgehead atoms. The molecule has 1 atom stereocenters. The summed E-state index contributed by atoms with van der Waals surface area (Å²) < 4.78 is 16.4. The maximum absolute atomic E-state index is 11.6. The molecule has 88 valence electrons. The Balaban J connectivity index is 3.32. The fourth-order valence-corrected chi connectivity index (χ4v) is 2.10. The molecule has 5 heteroatoms. The van der Waals surface area contributed by atoms with Crippen LogP contribution in [0.2, 0.25) is 0 Å². The molecule has 4 nitrogen and oxygen atoms in total. The van der Waals surface area contributed by atoms with Gasteiger partial charge in [0, 0.05) is 25.3 Å². The van der Waals surface area contributed by atoms with E-state index in [0.29, 0.717) is 10.5 Å². The second kappa shape index (κ2) is 5.23. The van der Waals surface area contributed by atoms with Crippen molar-refractivity contribution < 1.29 is 13.2 Å². The summed E-state index contributed by atoms with van der Waals surface area (Å²) >= 11 is -1.60. The minimum atomic E-state index is -1.60. The molecular weight excluding hydrogens is 226 g/mol. The molecule has 16 heavy (non-hydrogen) atoms. The van der Waals surface area contributed by atoms with E-state index in [1.165, 1.54) is 14.0 Å². The molecular formula is C11H15NO3S. The quantitative estimate of drug-likeness (QED) is 0.752. The molecule has 0 radical (unpaired) electrons. The highest BCUT2D eigenvalue weighted by atomic mass is 32.2. The van der Waals surface area contributed by atoms with Gasteiger partial charge < -0.3 is 4.90 Å². The molecule has 0 heterocycles. The Morgan fingerprint density at radius 2 is 2.00 bits per heavy atom. The summed E-state index contributed by atoms with van der Waals surface area (Å²) in [5.41, 5.74) is 1.32. The number of nitrogens with zero attached hydrogens (tertiary/aromatic N) is 1. The summed E-state index contributed by atoms with van der Waals surface area (Å²) in [5.74, 6) is -0.120. The molecule has 0 saturated carbocycles. The van der Waals surface area contributed by atoms with Crippen LogP contribution in [0.5, 0.6) is 0 Å². The van der Waals surface area contributed by atoms with E-state index in [1.54, 1.807) is 12.1 Å². The molecule has 0 fully saturated rings. The zero-order valence-electron chi connectivity index (χ0n) is 9.81. The highest BCUT2D eigenvalue weighted by Gasteiger charge is 2.14. The number of benzene rings is 1. The van der Waals surface area contributed by atoms with Crippen LogP contribution in [0.25, 0.3) is 0 Å². The largest absolute Gasteiger partial charge is 0.378 e. The van der Waals surface area contributed by atoms with Crippen molar-refractivity contribution in [1.82, 2.24) is 0 Å². The smallest absolute Gasteiger partial charge is 0.189 e. The molecule has 0 aromatic heterocycles. The van der Waals surface area contributed by atoms with Crippen molar-refractivity contribution in [2.75, 3.05) is 26.1 Å². The normalized spacial score (nSPS) is 12.2. The van der Waals surface area contributed by atoms with Gasteiger partial charge in [0.15, 0.2) is 16.9 Å². The van der Waals surface area contributed by atoms with Crippen LogP contribution in [0.15, 0.2) is 23.1 Å². The topological polar surface area (TPSA) is 46.6 Å². The molecule has 0 aliphatic carbocycles. The number of ketones is 1. The summed E-state index contributed by atoms with van der Waals surface area (Å²) in [6, 6.07) is 5.19. The Labute approximate surface area is 97.9 Å². The molecule has 1 rings (SSSR count). The number of carbonyl (C=O) groups excluding carboxylic acids is 1. The van der Waals surface area contributed by atoms with Crippen molar-refractivity contribution in [2.45, 2.75) is 11.8 Å². The molecule has 0 N–H and O–H groups in total. The molecule has 0 aliphatic rings. The third kappa shape index (κ3) is 2.68. The molecule has 0 saturated heterocycles. The van der Waals surface area contributed by atoms with Crippen LogP contribution in [0.3, 0.4) is 0 Å². The van der Waals surface area contributed by atoms with E-state index in [9.17, 15) is 9.00 Å². The van der Waals surface area contributed by atoms with Crippen LogP contribution >= 0.6 is 0 Å². The molecule has 0 aliphatic heterocycles. The third-order valence-corrected chi connectivity index (χ3v) is 3.19. The minimum absolute atomic E-state index is 0.120. The summed E-state index contributed by atoms with van der Waals surface area (Å²) in [6.07, 6.45) is 0. The summed E-state index contributed by atoms with van der Waals surface area (Å²) in [6.45, 7) is 1.45. The SMILES string of the molecule is COS(=O)c1cc(N(C)C)ccc1C(C)=O. The second-order valence-electron chi connectivity index (χ2n) is 3.53. The minimum Gasteiger partial charge on any atom is -0.378 e. The van der Waals surface area contributed by atoms with Crippen LogP contribution in [0.4, 0.5) is 5.69 Å². The standard InChI is InChI=1S/C11H15NO3S/c1-8(13)10-6-5-9(12(2)3)7-11(10)16(14)15-4/h5-7H,1-4H3. The van der Waals surface area contributed by atoms with Gasteiger partial charge in [-0.1, -0.05) is 0 Å². The van der Waals surface area contributed by atoms with E-state index in [-0.39, 0.29) is 5.78 Å².